The highest BCUT2D eigenvalue weighted by Crippen LogP contribution is 2.32. The van der Waals surface area contributed by atoms with E-state index < -0.39 is 17.6 Å². The molecule has 1 heterocycles. The van der Waals surface area contributed by atoms with Crippen LogP contribution in [0.25, 0.3) is 0 Å². The van der Waals surface area contributed by atoms with E-state index >= 15 is 0 Å². The van der Waals surface area contributed by atoms with Crippen LogP contribution >= 0.6 is 11.6 Å². The summed E-state index contributed by atoms with van der Waals surface area (Å²) in [4.78, 5) is 16.6. The number of aromatic nitrogens is 1. The molecule has 150 valence electrons. The molecule has 8 heteroatoms. The Kier molecular flexibility index (Phi) is 6.44. The summed E-state index contributed by atoms with van der Waals surface area (Å²) in [5, 5.41) is 6.14. The minimum atomic E-state index is -4.52. The highest BCUT2D eigenvalue weighted by atomic mass is 35.5. The van der Waals surface area contributed by atoms with Crippen LogP contribution in [0.2, 0.25) is 5.02 Å². The predicted molar refractivity (Wildman–Crippen MR) is 102 cm³/mol. The number of amides is 1. The Morgan fingerprint density at radius 3 is 2.54 bits per heavy atom. The molecule has 1 amide bonds. The Hall–Kier alpha value is -2.28. The van der Waals surface area contributed by atoms with E-state index in [0.717, 1.165) is 56.2 Å². The normalized spacial score (nSPS) is 19.9. The molecule has 3 rings (SSSR count). The number of anilines is 1. The van der Waals surface area contributed by atoms with Crippen LogP contribution < -0.4 is 10.6 Å². The summed E-state index contributed by atoms with van der Waals surface area (Å²) in [6, 6.07) is 8.41. The van der Waals surface area contributed by atoms with Gasteiger partial charge in [0, 0.05) is 18.8 Å². The summed E-state index contributed by atoms with van der Waals surface area (Å²) in [6.07, 6.45) is 0.599. The average Bonchev–Trinajstić information content (AvgIpc) is 2.67. The molecule has 1 aliphatic rings. The van der Waals surface area contributed by atoms with Crippen molar-refractivity contribution >= 4 is 23.3 Å². The minimum absolute atomic E-state index is 0.0127. The Morgan fingerprint density at radius 2 is 1.89 bits per heavy atom. The Bertz CT molecular complexity index is 806. The van der Waals surface area contributed by atoms with Gasteiger partial charge in [-0.05, 0) is 61.9 Å². The molecule has 0 aliphatic heterocycles. The average molecular weight is 412 g/mol. The zero-order chi connectivity index (χ0) is 20.1. The van der Waals surface area contributed by atoms with E-state index in [1.807, 2.05) is 18.2 Å². The van der Waals surface area contributed by atoms with Crippen LogP contribution in [0.4, 0.5) is 19.0 Å². The number of alkyl halides is 3. The standard InChI is InChI=1S/C20H21ClF3N3O/c21-17-9-6-14(20(22,23)24)11-16(17)19(28)27-15-7-4-13(5-8-15)12-26-18-3-1-2-10-25-18/h1-3,6,9-11,13,15H,4-5,7-8,12H2,(H,25,26)(H,27,28). The van der Waals surface area contributed by atoms with Crippen molar-refractivity contribution in [3.63, 3.8) is 0 Å². The number of carbonyl (C=O) groups is 1. The number of nitrogens with one attached hydrogen (secondary N) is 2. The van der Waals surface area contributed by atoms with Crippen LogP contribution in [-0.2, 0) is 6.18 Å². The molecule has 1 fully saturated rings. The minimum Gasteiger partial charge on any atom is -0.370 e. The molecule has 0 atom stereocenters. The van der Waals surface area contributed by atoms with Crippen molar-refractivity contribution in [1.82, 2.24) is 10.3 Å². The van der Waals surface area contributed by atoms with Crippen LogP contribution in [0.15, 0.2) is 42.6 Å². The fraction of sp³-hybridized carbons (Fsp3) is 0.400. The van der Waals surface area contributed by atoms with E-state index in [2.05, 4.69) is 15.6 Å². The van der Waals surface area contributed by atoms with Crippen LogP contribution in [0.3, 0.4) is 0 Å². The molecular weight excluding hydrogens is 391 g/mol. The van der Waals surface area contributed by atoms with Gasteiger partial charge in [-0.3, -0.25) is 4.79 Å². The van der Waals surface area contributed by atoms with Crippen LogP contribution in [0, 0.1) is 5.92 Å². The van der Waals surface area contributed by atoms with Gasteiger partial charge in [0.1, 0.15) is 5.82 Å². The van der Waals surface area contributed by atoms with Gasteiger partial charge in [0.05, 0.1) is 16.1 Å². The number of halogens is 4. The van der Waals surface area contributed by atoms with Crippen molar-refractivity contribution < 1.29 is 18.0 Å². The molecule has 2 aromatic rings. The van der Waals surface area contributed by atoms with Crippen LogP contribution in [-0.4, -0.2) is 23.5 Å². The maximum absolute atomic E-state index is 12.9. The number of carbonyl (C=O) groups excluding carboxylic acids is 1. The Morgan fingerprint density at radius 1 is 1.14 bits per heavy atom. The molecule has 4 nitrogen and oxygen atoms in total. The summed E-state index contributed by atoms with van der Waals surface area (Å²) in [7, 11) is 0. The third kappa shape index (κ3) is 5.38. The first kappa shape index (κ1) is 20.5. The van der Waals surface area contributed by atoms with Gasteiger partial charge in [0.2, 0.25) is 0 Å². The molecule has 0 radical (unpaired) electrons. The third-order valence-electron chi connectivity index (χ3n) is 4.96. The highest BCUT2D eigenvalue weighted by Gasteiger charge is 2.32. The first-order valence-electron chi connectivity index (χ1n) is 9.15. The van der Waals surface area contributed by atoms with E-state index in [1.165, 1.54) is 0 Å². The van der Waals surface area contributed by atoms with Crippen molar-refractivity contribution in [2.75, 3.05) is 11.9 Å². The summed E-state index contributed by atoms with van der Waals surface area (Å²) in [6.45, 7) is 0.803. The van der Waals surface area contributed by atoms with Crippen molar-refractivity contribution in [2.24, 2.45) is 5.92 Å². The predicted octanol–water partition coefficient (Wildman–Crippen LogP) is 5.15. The smallest absolute Gasteiger partial charge is 0.370 e. The zero-order valence-corrected chi connectivity index (χ0v) is 15.9. The largest absolute Gasteiger partial charge is 0.416 e. The van der Waals surface area contributed by atoms with E-state index in [1.54, 1.807) is 6.20 Å². The number of pyridine rings is 1. The molecule has 2 N–H and O–H groups in total. The Labute approximate surface area is 166 Å². The summed E-state index contributed by atoms with van der Waals surface area (Å²) >= 11 is 5.94. The fourth-order valence-electron chi connectivity index (χ4n) is 3.37. The monoisotopic (exact) mass is 411 g/mol. The van der Waals surface area contributed by atoms with Crippen molar-refractivity contribution in [2.45, 2.75) is 37.9 Å². The number of rotatable bonds is 5. The first-order valence-corrected chi connectivity index (χ1v) is 9.53. The van der Waals surface area contributed by atoms with Gasteiger partial charge in [-0.2, -0.15) is 13.2 Å². The second kappa shape index (κ2) is 8.82. The molecule has 1 aliphatic carbocycles. The van der Waals surface area contributed by atoms with Crippen molar-refractivity contribution in [3.8, 4) is 0 Å². The second-order valence-electron chi connectivity index (χ2n) is 6.98. The first-order chi connectivity index (χ1) is 13.3. The van der Waals surface area contributed by atoms with Gasteiger partial charge >= 0.3 is 6.18 Å². The molecule has 0 saturated heterocycles. The van der Waals surface area contributed by atoms with Gasteiger partial charge in [-0.25, -0.2) is 4.98 Å². The number of nitrogens with zero attached hydrogens (tertiary/aromatic N) is 1. The molecule has 28 heavy (non-hydrogen) atoms. The number of hydrogen-bond donors (Lipinski definition) is 2. The summed E-state index contributed by atoms with van der Waals surface area (Å²) in [5.74, 6) is 0.732. The maximum atomic E-state index is 12.9. The van der Waals surface area contributed by atoms with E-state index in [9.17, 15) is 18.0 Å². The summed E-state index contributed by atoms with van der Waals surface area (Å²) in [5.41, 5.74) is -1.03. The summed E-state index contributed by atoms with van der Waals surface area (Å²) < 4.78 is 38.6. The molecular formula is C20H21ClF3N3O. The van der Waals surface area contributed by atoms with E-state index in [0.29, 0.717) is 5.92 Å². The lowest BCUT2D eigenvalue weighted by Crippen LogP contribution is -2.38. The lowest BCUT2D eigenvalue weighted by Gasteiger charge is -2.29. The van der Waals surface area contributed by atoms with E-state index in [4.69, 9.17) is 11.6 Å². The van der Waals surface area contributed by atoms with E-state index in [-0.39, 0.29) is 16.6 Å². The quantitative estimate of drug-likeness (QED) is 0.715. The highest BCUT2D eigenvalue weighted by molar-refractivity contribution is 6.33. The lowest BCUT2D eigenvalue weighted by molar-refractivity contribution is -0.137. The van der Waals surface area contributed by atoms with Gasteiger partial charge in [0.15, 0.2) is 0 Å². The molecule has 0 bridgehead atoms. The molecule has 0 unspecified atom stereocenters. The zero-order valence-electron chi connectivity index (χ0n) is 15.1. The molecule has 0 spiro atoms. The fourth-order valence-corrected chi connectivity index (χ4v) is 3.57. The molecule has 1 aromatic heterocycles. The van der Waals surface area contributed by atoms with Gasteiger partial charge < -0.3 is 10.6 Å². The SMILES string of the molecule is O=C(NC1CCC(CNc2ccccn2)CC1)c1cc(C(F)(F)F)ccc1Cl. The Balaban J connectivity index is 1.51. The van der Waals surface area contributed by atoms with Crippen molar-refractivity contribution in [1.29, 1.82) is 0 Å². The molecule has 1 saturated carbocycles. The molecule has 1 aromatic carbocycles. The topological polar surface area (TPSA) is 54.0 Å². The van der Waals surface area contributed by atoms with Crippen molar-refractivity contribution in [3.05, 3.63) is 58.7 Å². The van der Waals surface area contributed by atoms with Gasteiger partial charge in [-0.15, -0.1) is 0 Å². The number of benzene rings is 1. The van der Waals surface area contributed by atoms with Crippen LogP contribution in [0.5, 0.6) is 0 Å². The lowest BCUT2D eigenvalue weighted by atomic mass is 9.86. The number of hydrogen-bond acceptors (Lipinski definition) is 3. The van der Waals surface area contributed by atoms with Crippen LogP contribution in [0.1, 0.15) is 41.6 Å². The van der Waals surface area contributed by atoms with Gasteiger partial charge in [0.25, 0.3) is 5.91 Å². The third-order valence-corrected chi connectivity index (χ3v) is 5.29. The second-order valence-corrected chi connectivity index (χ2v) is 7.39. The van der Waals surface area contributed by atoms with Gasteiger partial charge in [-0.1, -0.05) is 17.7 Å². The maximum Gasteiger partial charge on any atom is 0.416 e.